The molecule has 0 bridgehead atoms. The van der Waals surface area contributed by atoms with E-state index in [1.54, 1.807) is 10.9 Å². The van der Waals surface area contributed by atoms with Crippen molar-refractivity contribution in [2.24, 2.45) is 17.8 Å². The Labute approximate surface area is 125 Å². The summed E-state index contributed by atoms with van der Waals surface area (Å²) in [5.74, 6) is 0.437. The van der Waals surface area contributed by atoms with Gasteiger partial charge in [0.05, 0.1) is 12.2 Å². The van der Waals surface area contributed by atoms with Crippen LogP contribution < -0.4 is 11.1 Å². The first-order valence-corrected chi connectivity index (χ1v) is 7.30. The molecule has 0 aliphatic heterocycles. The van der Waals surface area contributed by atoms with Crippen molar-refractivity contribution < 1.29 is 0 Å². The highest BCUT2D eigenvalue weighted by atomic mass is 15.3. The third-order valence-electron chi connectivity index (χ3n) is 3.59. The van der Waals surface area contributed by atoms with E-state index in [2.05, 4.69) is 47.5 Å². The lowest BCUT2D eigenvalue weighted by Crippen LogP contribution is -2.24. The van der Waals surface area contributed by atoms with Gasteiger partial charge in [-0.2, -0.15) is 5.10 Å². The summed E-state index contributed by atoms with van der Waals surface area (Å²) in [7, 11) is 1.90. The van der Waals surface area contributed by atoms with Crippen LogP contribution in [0.3, 0.4) is 0 Å². The molecule has 0 saturated carbocycles. The van der Waals surface area contributed by atoms with Crippen molar-refractivity contribution in [2.75, 3.05) is 5.32 Å². The molecule has 0 unspecified atom stereocenters. The number of aryl methyl sites for hydroxylation is 3. The molecule has 0 saturated heterocycles. The lowest BCUT2D eigenvalue weighted by molar-refractivity contribution is 0.712. The number of hydrogen-bond acceptors (Lipinski definition) is 2. The second-order valence-electron chi connectivity index (χ2n) is 4.93. The smallest absolute Gasteiger partial charge is 0.193 e. The Morgan fingerprint density at radius 3 is 2.43 bits per heavy atom. The van der Waals surface area contributed by atoms with Gasteiger partial charge in [0.2, 0.25) is 0 Å². The lowest BCUT2D eigenvalue weighted by Gasteiger charge is -2.14. The summed E-state index contributed by atoms with van der Waals surface area (Å²) in [5, 5.41) is 7.38. The molecule has 112 valence electrons. The number of benzene rings is 1. The van der Waals surface area contributed by atoms with Crippen LogP contribution in [0.1, 0.15) is 30.7 Å². The van der Waals surface area contributed by atoms with Crippen LogP contribution in [0.4, 0.5) is 5.69 Å². The van der Waals surface area contributed by atoms with E-state index < -0.39 is 0 Å². The second-order valence-corrected chi connectivity index (χ2v) is 4.93. The van der Waals surface area contributed by atoms with E-state index in [4.69, 9.17) is 5.73 Å². The van der Waals surface area contributed by atoms with Crippen LogP contribution >= 0.6 is 0 Å². The van der Waals surface area contributed by atoms with Gasteiger partial charge in [-0.15, -0.1) is 0 Å². The number of para-hydroxylation sites is 1. The Hall–Kier alpha value is -2.30. The molecule has 21 heavy (non-hydrogen) atoms. The van der Waals surface area contributed by atoms with Gasteiger partial charge in [-0.1, -0.05) is 32.0 Å². The van der Waals surface area contributed by atoms with E-state index >= 15 is 0 Å². The van der Waals surface area contributed by atoms with Crippen LogP contribution in [0, 0.1) is 0 Å². The minimum absolute atomic E-state index is 0.437. The summed E-state index contributed by atoms with van der Waals surface area (Å²) >= 11 is 0. The van der Waals surface area contributed by atoms with E-state index in [1.807, 2.05) is 13.1 Å². The second kappa shape index (κ2) is 6.92. The molecular formula is C16H23N5. The van der Waals surface area contributed by atoms with Crippen molar-refractivity contribution in [1.29, 1.82) is 0 Å². The fourth-order valence-corrected chi connectivity index (χ4v) is 2.29. The number of guanidine groups is 1. The van der Waals surface area contributed by atoms with Crippen molar-refractivity contribution in [3.05, 3.63) is 47.3 Å². The molecule has 0 aliphatic carbocycles. The fraction of sp³-hybridized carbons (Fsp3) is 0.375. The van der Waals surface area contributed by atoms with Crippen LogP contribution in [-0.2, 0) is 26.4 Å². The number of aliphatic imine (C=N–C) groups is 1. The van der Waals surface area contributed by atoms with E-state index in [9.17, 15) is 0 Å². The highest BCUT2D eigenvalue weighted by Crippen LogP contribution is 2.22. The van der Waals surface area contributed by atoms with E-state index in [-0.39, 0.29) is 0 Å². The number of hydrogen-bond donors (Lipinski definition) is 2. The van der Waals surface area contributed by atoms with E-state index in [0.717, 1.165) is 24.2 Å². The predicted molar refractivity (Wildman–Crippen MR) is 87.4 cm³/mol. The summed E-state index contributed by atoms with van der Waals surface area (Å²) in [6.45, 7) is 4.80. The third-order valence-corrected chi connectivity index (χ3v) is 3.59. The Bertz CT molecular complexity index is 605. The van der Waals surface area contributed by atoms with Gasteiger partial charge < -0.3 is 11.1 Å². The summed E-state index contributed by atoms with van der Waals surface area (Å²) < 4.78 is 1.80. The Kier molecular flexibility index (Phi) is 4.98. The van der Waals surface area contributed by atoms with Gasteiger partial charge >= 0.3 is 0 Å². The van der Waals surface area contributed by atoms with E-state index in [1.165, 1.54) is 11.1 Å². The molecule has 2 aromatic rings. The molecule has 0 radical (unpaired) electrons. The van der Waals surface area contributed by atoms with Gasteiger partial charge in [-0.05, 0) is 30.0 Å². The minimum atomic E-state index is 0.437. The van der Waals surface area contributed by atoms with Gasteiger partial charge in [0.1, 0.15) is 0 Å². The Morgan fingerprint density at radius 2 is 1.90 bits per heavy atom. The molecular weight excluding hydrogens is 262 g/mol. The Balaban J connectivity index is 2.15. The molecule has 2 rings (SSSR count). The highest BCUT2D eigenvalue weighted by molar-refractivity contribution is 5.93. The first-order valence-electron chi connectivity index (χ1n) is 7.30. The molecule has 0 amide bonds. The monoisotopic (exact) mass is 285 g/mol. The van der Waals surface area contributed by atoms with Crippen molar-refractivity contribution in [1.82, 2.24) is 9.78 Å². The van der Waals surface area contributed by atoms with Crippen molar-refractivity contribution in [2.45, 2.75) is 33.2 Å². The molecule has 5 heteroatoms. The number of anilines is 1. The van der Waals surface area contributed by atoms with Crippen LogP contribution in [0.5, 0.6) is 0 Å². The fourth-order valence-electron chi connectivity index (χ4n) is 2.29. The van der Waals surface area contributed by atoms with Crippen molar-refractivity contribution in [3.8, 4) is 0 Å². The van der Waals surface area contributed by atoms with Crippen molar-refractivity contribution >= 4 is 11.6 Å². The van der Waals surface area contributed by atoms with Crippen LogP contribution in [0.25, 0.3) is 0 Å². The summed E-state index contributed by atoms with van der Waals surface area (Å²) in [4.78, 5) is 4.40. The average molecular weight is 285 g/mol. The Morgan fingerprint density at radius 1 is 1.24 bits per heavy atom. The van der Waals surface area contributed by atoms with Gasteiger partial charge in [0.25, 0.3) is 0 Å². The summed E-state index contributed by atoms with van der Waals surface area (Å²) in [6.07, 6.45) is 3.69. The molecule has 0 aliphatic rings. The summed E-state index contributed by atoms with van der Waals surface area (Å²) in [5.41, 5.74) is 10.7. The molecule has 1 aromatic heterocycles. The van der Waals surface area contributed by atoms with Crippen LogP contribution in [0.15, 0.2) is 35.5 Å². The zero-order valence-corrected chi connectivity index (χ0v) is 12.9. The SMILES string of the molecule is CCc1cccc(CC)c1NC(N)=NCc1ccnn1C. The zero-order chi connectivity index (χ0) is 15.2. The van der Waals surface area contributed by atoms with Gasteiger partial charge in [-0.25, -0.2) is 4.99 Å². The lowest BCUT2D eigenvalue weighted by atomic mass is 10.0. The average Bonchev–Trinajstić information content (AvgIpc) is 2.90. The number of nitrogens with zero attached hydrogens (tertiary/aromatic N) is 3. The normalized spacial score (nSPS) is 11.7. The first kappa shape index (κ1) is 15.1. The molecule has 3 N–H and O–H groups in total. The topological polar surface area (TPSA) is 68.2 Å². The molecule has 1 aromatic carbocycles. The van der Waals surface area contributed by atoms with Crippen LogP contribution in [-0.4, -0.2) is 15.7 Å². The number of nitrogens with two attached hydrogens (primary N) is 1. The van der Waals surface area contributed by atoms with Crippen LogP contribution in [0.2, 0.25) is 0 Å². The summed E-state index contributed by atoms with van der Waals surface area (Å²) in [6, 6.07) is 8.27. The van der Waals surface area contributed by atoms with E-state index in [0.29, 0.717) is 12.5 Å². The largest absolute Gasteiger partial charge is 0.370 e. The number of rotatable bonds is 5. The third kappa shape index (κ3) is 3.62. The highest BCUT2D eigenvalue weighted by Gasteiger charge is 2.07. The maximum absolute atomic E-state index is 6.03. The minimum Gasteiger partial charge on any atom is -0.370 e. The number of aromatic nitrogens is 2. The molecule has 5 nitrogen and oxygen atoms in total. The maximum Gasteiger partial charge on any atom is 0.193 e. The molecule has 0 spiro atoms. The zero-order valence-electron chi connectivity index (χ0n) is 12.9. The molecule has 0 atom stereocenters. The first-order chi connectivity index (χ1) is 10.2. The molecule has 0 fully saturated rings. The van der Waals surface area contributed by atoms with Gasteiger partial charge in [-0.3, -0.25) is 4.68 Å². The predicted octanol–water partition coefficient (Wildman–Crippen LogP) is 2.47. The standard InChI is InChI=1S/C16H23N5/c1-4-12-7-6-8-13(5-2)15(12)20-16(17)18-11-14-9-10-19-21(14)3/h6-10H,4-5,11H2,1-3H3,(H3,17,18,20). The quantitative estimate of drug-likeness (QED) is 0.655. The van der Waals surface area contributed by atoms with Gasteiger partial charge in [0, 0.05) is 18.9 Å². The maximum atomic E-state index is 6.03. The molecule has 1 heterocycles. The number of nitrogens with one attached hydrogen (secondary N) is 1. The van der Waals surface area contributed by atoms with Crippen molar-refractivity contribution in [3.63, 3.8) is 0 Å². The van der Waals surface area contributed by atoms with Gasteiger partial charge in [0.15, 0.2) is 5.96 Å².